The molecule has 0 amide bonds. The zero-order valence-electron chi connectivity index (χ0n) is 10.9. The van der Waals surface area contributed by atoms with E-state index in [1.54, 1.807) is 0 Å². The fraction of sp³-hybridized carbons (Fsp3) is 0.357. The lowest BCUT2D eigenvalue weighted by Gasteiger charge is -2.20. The SMILES string of the molecule is CCNC(c1cc(Cl)ccc1C)c1nccn1C. The third kappa shape index (κ3) is 2.57. The molecule has 1 unspecified atom stereocenters. The number of hydrogen-bond acceptors (Lipinski definition) is 2. The van der Waals surface area contributed by atoms with Gasteiger partial charge in [0.25, 0.3) is 0 Å². The van der Waals surface area contributed by atoms with Crippen molar-refractivity contribution in [3.63, 3.8) is 0 Å². The van der Waals surface area contributed by atoms with Gasteiger partial charge in [-0.3, -0.25) is 0 Å². The lowest BCUT2D eigenvalue weighted by atomic mass is 10.0. The monoisotopic (exact) mass is 263 g/mol. The molecule has 1 heterocycles. The Hall–Kier alpha value is -1.32. The predicted octanol–water partition coefficient (Wildman–Crippen LogP) is 3.08. The lowest BCUT2D eigenvalue weighted by Crippen LogP contribution is -2.25. The molecule has 0 fully saturated rings. The van der Waals surface area contributed by atoms with Crippen LogP contribution in [0.2, 0.25) is 5.02 Å². The van der Waals surface area contributed by atoms with Gasteiger partial charge in [-0.2, -0.15) is 0 Å². The van der Waals surface area contributed by atoms with Crippen LogP contribution in [0.1, 0.15) is 29.9 Å². The first-order chi connectivity index (χ1) is 8.63. The van der Waals surface area contributed by atoms with Crippen molar-refractivity contribution in [3.8, 4) is 0 Å². The smallest absolute Gasteiger partial charge is 0.130 e. The Morgan fingerprint density at radius 3 is 2.83 bits per heavy atom. The fourth-order valence-electron chi connectivity index (χ4n) is 2.12. The molecule has 1 atom stereocenters. The molecule has 2 rings (SSSR count). The highest BCUT2D eigenvalue weighted by atomic mass is 35.5. The predicted molar refractivity (Wildman–Crippen MR) is 74.9 cm³/mol. The second kappa shape index (κ2) is 5.55. The van der Waals surface area contributed by atoms with E-state index in [9.17, 15) is 0 Å². The molecule has 0 saturated heterocycles. The van der Waals surface area contributed by atoms with Crippen LogP contribution < -0.4 is 5.32 Å². The first-order valence-electron chi connectivity index (χ1n) is 6.10. The van der Waals surface area contributed by atoms with E-state index in [0.29, 0.717) is 0 Å². The largest absolute Gasteiger partial charge is 0.336 e. The van der Waals surface area contributed by atoms with Gasteiger partial charge in [0, 0.05) is 24.5 Å². The van der Waals surface area contributed by atoms with Crippen molar-refractivity contribution in [1.82, 2.24) is 14.9 Å². The minimum Gasteiger partial charge on any atom is -0.336 e. The molecule has 0 aliphatic rings. The van der Waals surface area contributed by atoms with E-state index in [4.69, 9.17) is 11.6 Å². The number of rotatable bonds is 4. The summed E-state index contributed by atoms with van der Waals surface area (Å²) < 4.78 is 2.04. The van der Waals surface area contributed by atoms with Gasteiger partial charge in [0.2, 0.25) is 0 Å². The Morgan fingerprint density at radius 1 is 1.44 bits per heavy atom. The van der Waals surface area contributed by atoms with Crippen molar-refractivity contribution in [2.24, 2.45) is 7.05 Å². The zero-order valence-corrected chi connectivity index (χ0v) is 11.7. The molecule has 1 aromatic carbocycles. The molecule has 0 saturated carbocycles. The first kappa shape index (κ1) is 13.1. The number of benzene rings is 1. The van der Waals surface area contributed by atoms with Crippen LogP contribution in [0.4, 0.5) is 0 Å². The summed E-state index contributed by atoms with van der Waals surface area (Å²) in [5.74, 6) is 1.00. The second-order valence-corrected chi connectivity index (χ2v) is 4.82. The average Bonchev–Trinajstić information content (AvgIpc) is 2.76. The van der Waals surface area contributed by atoms with E-state index in [1.807, 2.05) is 42.2 Å². The number of aryl methyl sites for hydroxylation is 2. The number of hydrogen-bond donors (Lipinski definition) is 1. The summed E-state index contributed by atoms with van der Waals surface area (Å²) in [5, 5.41) is 4.23. The lowest BCUT2D eigenvalue weighted by molar-refractivity contribution is 0.575. The molecule has 2 aromatic rings. The van der Waals surface area contributed by atoms with Gasteiger partial charge in [0.1, 0.15) is 5.82 Å². The molecule has 3 nitrogen and oxygen atoms in total. The standard InChI is InChI=1S/C14H18ClN3/c1-4-16-13(14-17-7-8-18(14)3)12-9-11(15)6-5-10(12)2/h5-9,13,16H,4H2,1-3H3. The number of nitrogens with one attached hydrogen (secondary N) is 1. The number of imidazole rings is 1. The van der Waals surface area contributed by atoms with Crippen molar-refractivity contribution < 1.29 is 0 Å². The van der Waals surface area contributed by atoms with Gasteiger partial charge in [-0.1, -0.05) is 24.6 Å². The van der Waals surface area contributed by atoms with Crippen molar-refractivity contribution in [2.75, 3.05) is 6.54 Å². The van der Waals surface area contributed by atoms with Crippen LogP contribution >= 0.6 is 11.6 Å². The van der Waals surface area contributed by atoms with E-state index >= 15 is 0 Å². The minimum absolute atomic E-state index is 0.0775. The summed E-state index contributed by atoms with van der Waals surface area (Å²) in [6.45, 7) is 5.07. The summed E-state index contributed by atoms with van der Waals surface area (Å²) in [5.41, 5.74) is 2.40. The van der Waals surface area contributed by atoms with Crippen LogP contribution in [-0.4, -0.2) is 16.1 Å². The Bertz CT molecular complexity index is 534. The molecule has 0 spiro atoms. The Kier molecular flexibility index (Phi) is 4.04. The van der Waals surface area contributed by atoms with Crippen LogP contribution in [0, 0.1) is 6.92 Å². The number of aromatic nitrogens is 2. The normalized spacial score (nSPS) is 12.7. The Labute approximate surface area is 113 Å². The molecule has 1 aromatic heterocycles. The summed E-state index contributed by atoms with van der Waals surface area (Å²) in [4.78, 5) is 4.44. The van der Waals surface area contributed by atoms with E-state index in [0.717, 1.165) is 17.4 Å². The molecule has 0 radical (unpaired) electrons. The summed E-state index contributed by atoms with van der Waals surface area (Å²) in [6.07, 6.45) is 3.78. The zero-order chi connectivity index (χ0) is 13.1. The van der Waals surface area contributed by atoms with Gasteiger partial charge < -0.3 is 9.88 Å². The third-order valence-corrected chi connectivity index (χ3v) is 3.31. The molecule has 96 valence electrons. The molecule has 0 aliphatic carbocycles. The highest BCUT2D eigenvalue weighted by Crippen LogP contribution is 2.26. The average molecular weight is 264 g/mol. The molecule has 18 heavy (non-hydrogen) atoms. The van der Waals surface area contributed by atoms with Crippen molar-refractivity contribution in [2.45, 2.75) is 19.9 Å². The number of nitrogens with zero attached hydrogens (tertiary/aromatic N) is 2. The van der Waals surface area contributed by atoms with Gasteiger partial charge >= 0.3 is 0 Å². The maximum Gasteiger partial charge on any atom is 0.130 e. The number of halogens is 1. The summed E-state index contributed by atoms with van der Waals surface area (Å²) in [7, 11) is 2.01. The molecule has 0 bridgehead atoms. The molecule has 1 N–H and O–H groups in total. The van der Waals surface area contributed by atoms with E-state index in [-0.39, 0.29) is 6.04 Å². The highest BCUT2D eigenvalue weighted by Gasteiger charge is 2.19. The topological polar surface area (TPSA) is 29.9 Å². The van der Waals surface area contributed by atoms with Crippen LogP contribution in [0.5, 0.6) is 0 Å². The van der Waals surface area contributed by atoms with Gasteiger partial charge in [0.05, 0.1) is 6.04 Å². The van der Waals surface area contributed by atoms with Crippen molar-refractivity contribution >= 4 is 11.6 Å². The molecule has 4 heteroatoms. The van der Waals surface area contributed by atoms with E-state index < -0.39 is 0 Å². The van der Waals surface area contributed by atoms with Gasteiger partial charge in [-0.05, 0) is 36.7 Å². The summed E-state index contributed by atoms with van der Waals surface area (Å²) in [6, 6.07) is 6.06. The van der Waals surface area contributed by atoms with Crippen molar-refractivity contribution in [3.05, 3.63) is 52.6 Å². The van der Waals surface area contributed by atoms with Gasteiger partial charge in [-0.25, -0.2) is 4.98 Å². The maximum absolute atomic E-state index is 6.11. The van der Waals surface area contributed by atoms with Crippen LogP contribution in [0.15, 0.2) is 30.6 Å². The van der Waals surface area contributed by atoms with Crippen LogP contribution in [-0.2, 0) is 7.05 Å². The maximum atomic E-state index is 6.11. The molecular formula is C14H18ClN3. The van der Waals surface area contributed by atoms with Crippen molar-refractivity contribution in [1.29, 1.82) is 0 Å². The van der Waals surface area contributed by atoms with Gasteiger partial charge in [0.15, 0.2) is 0 Å². The highest BCUT2D eigenvalue weighted by molar-refractivity contribution is 6.30. The van der Waals surface area contributed by atoms with E-state index in [2.05, 4.69) is 24.1 Å². The Balaban J connectivity index is 2.48. The molecular weight excluding hydrogens is 246 g/mol. The third-order valence-electron chi connectivity index (χ3n) is 3.08. The summed E-state index contributed by atoms with van der Waals surface area (Å²) >= 11 is 6.11. The minimum atomic E-state index is 0.0775. The van der Waals surface area contributed by atoms with Gasteiger partial charge in [-0.15, -0.1) is 0 Å². The fourth-order valence-corrected chi connectivity index (χ4v) is 2.30. The first-order valence-corrected chi connectivity index (χ1v) is 6.48. The van der Waals surface area contributed by atoms with Crippen LogP contribution in [0.25, 0.3) is 0 Å². The second-order valence-electron chi connectivity index (χ2n) is 4.39. The Morgan fingerprint density at radius 2 is 2.22 bits per heavy atom. The van der Waals surface area contributed by atoms with E-state index in [1.165, 1.54) is 11.1 Å². The quantitative estimate of drug-likeness (QED) is 0.919. The molecule has 0 aliphatic heterocycles. The van der Waals surface area contributed by atoms with Crippen LogP contribution in [0.3, 0.4) is 0 Å².